The van der Waals surface area contributed by atoms with Crippen LogP contribution in [-0.2, 0) is 0 Å². The van der Waals surface area contributed by atoms with Gasteiger partial charge in [0.2, 0.25) is 0 Å². The van der Waals surface area contributed by atoms with Crippen molar-refractivity contribution in [1.29, 1.82) is 0 Å². The quantitative estimate of drug-likeness (QED) is 0.198. The number of nitrogens with zero attached hydrogens (tertiary/aromatic N) is 4. The standard InChI is InChI=1S/C41H28N4/c1-3-9-29(10-4-1)33-13-7-15-35(25-33)37-27-39(36-16-8-14-34(26-36)30-11-5-2-6-12-30)41-40(28-37)43-45(44-41)38-19-17-31(18-20-38)32-21-23-42-24-22-32/h1-28H. The fourth-order valence-corrected chi connectivity index (χ4v) is 5.86. The van der Waals surface area contributed by atoms with E-state index in [1.54, 1.807) is 4.80 Å². The van der Waals surface area contributed by atoms with Gasteiger partial charge in [0, 0.05) is 18.0 Å². The maximum Gasteiger partial charge on any atom is 0.121 e. The fourth-order valence-electron chi connectivity index (χ4n) is 5.86. The van der Waals surface area contributed by atoms with E-state index in [9.17, 15) is 0 Å². The van der Waals surface area contributed by atoms with Gasteiger partial charge in [0.05, 0.1) is 5.69 Å². The third-order valence-electron chi connectivity index (χ3n) is 8.18. The molecule has 0 aliphatic rings. The molecular formula is C41H28N4. The van der Waals surface area contributed by atoms with Gasteiger partial charge < -0.3 is 0 Å². The minimum absolute atomic E-state index is 0.843. The Morgan fingerprint density at radius 3 is 1.51 bits per heavy atom. The Bertz CT molecular complexity index is 2240. The number of fused-ring (bicyclic) bond motifs is 1. The summed E-state index contributed by atoms with van der Waals surface area (Å²) in [5.41, 5.74) is 13.9. The molecule has 0 unspecified atom stereocenters. The summed E-state index contributed by atoms with van der Waals surface area (Å²) in [6.45, 7) is 0. The molecule has 8 rings (SSSR count). The summed E-state index contributed by atoms with van der Waals surface area (Å²) in [6, 6.07) is 55.1. The first-order valence-corrected chi connectivity index (χ1v) is 15.0. The van der Waals surface area contributed by atoms with E-state index in [2.05, 4.69) is 138 Å². The maximum atomic E-state index is 5.06. The largest absolute Gasteiger partial charge is 0.265 e. The van der Waals surface area contributed by atoms with Crippen LogP contribution in [0, 0.1) is 0 Å². The van der Waals surface area contributed by atoms with Crippen molar-refractivity contribution in [3.8, 4) is 61.3 Å². The van der Waals surface area contributed by atoms with E-state index in [1.165, 1.54) is 16.7 Å². The van der Waals surface area contributed by atoms with Gasteiger partial charge in [0.15, 0.2) is 0 Å². The zero-order chi connectivity index (χ0) is 30.0. The van der Waals surface area contributed by atoms with E-state index >= 15 is 0 Å². The zero-order valence-electron chi connectivity index (χ0n) is 24.5. The number of hydrogen-bond acceptors (Lipinski definition) is 3. The lowest BCUT2D eigenvalue weighted by molar-refractivity contribution is 0.766. The molecule has 8 aromatic rings. The zero-order valence-corrected chi connectivity index (χ0v) is 24.5. The van der Waals surface area contributed by atoms with E-state index < -0.39 is 0 Å². The molecule has 0 aliphatic heterocycles. The highest BCUT2D eigenvalue weighted by molar-refractivity contribution is 5.96. The van der Waals surface area contributed by atoms with Crippen molar-refractivity contribution < 1.29 is 0 Å². The van der Waals surface area contributed by atoms with E-state index in [-0.39, 0.29) is 0 Å². The molecule has 0 amide bonds. The molecule has 0 atom stereocenters. The second-order valence-electron chi connectivity index (χ2n) is 11.1. The molecule has 2 aromatic heterocycles. The van der Waals surface area contributed by atoms with Crippen LogP contribution in [0.3, 0.4) is 0 Å². The van der Waals surface area contributed by atoms with Gasteiger partial charge in [0.1, 0.15) is 11.0 Å². The molecule has 0 fully saturated rings. The first-order valence-electron chi connectivity index (χ1n) is 15.0. The minimum atomic E-state index is 0.843. The number of pyridine rings is 1. The Labute approximate surface area is 261 Å². The van der Waals surface area contributed by atoms with Gasteiger partial charge in [-0.25, -0.2) is 0 Å². The molecule has 0 spiro atoms. The molecule has 0 N–H and O–H groups in total. The predicted molar refractivity (Wildman–Crippen MR) is 184 cm³/mol. The summed E-state index contributed by atoms with van der Waals surface area (Å²) >= 11 is 0. The van der Waals surface area contributed by atoms with Crippen LogP contribution < -0.4 is 0 Å². The average Bonchev–Trinajstić information content (AvgIpc) is 3.57. The monoisotopic (exact) mass is 576 g/mol. The van der Waals surface area contributed by atoms with E-state index in [0.717, 1.165) is 55.7 Å². The van der Waals surface area contributed by atoms with Gasteiger partial charge in [0.25, 0.3) is 0 Å². The Kier molecular flexibility index (Phi) is 6.78. The SMILES string of the molecule is c1ccc(-c2cccc(-c3cc(-c4cccc(-c5ccccc5)c4)c4nn(-c5ccc(-c6ccncc6)cc5)nc4c3)c2)cc1. The molecule has 0 aliphatic carbocycles. The molecule has 6 aromatic carbocycles. The maximum absolute atomic E-state index is 5.06. The van der Waals surface area contributed by atoms with Crippen LogP contribution in [0.5, 0.6) is 0 Å². The average molecular weight is 577 g/mol. The fraction of sp³-hybridized carbons (Fsp3) is 0. The van der Waals surface area contributed by atoms with Crippen molar-refractivity contribution in [2.75, 3.05) is 0 Å². The van der Waals surface area contributed by atoms with Crippen LogP contribution in [0.2, 0.25) is 0 Å². The van der Waals surface area contributed by atoms with Crippen LogP contribution in [0.15, 0.2) is 170 Å². The second kappa shape index (κ2) is 11.5. The molecule has 2 heterocycles. The lowest BCUT2D eigenvalue weighted by Gasteiger charge is -2.10. The molecule has 0 radical (unpaired) electrons. The van der Waals surface area contributed by atoms with Gasteiger partial charge in [-0.2, -0.15) is 4.80 Å². The highest BCUT2D eigenvalue weighted by atomic mass is 15.5. The van der Waals surface area contributed by atoms with Gasteiger partial charge in [-0.3, -0.25) is 4.98 Å². The summed E-state index contributed by atoms with van der Waals surface area (Å²) < 4.78 is 0. The topological polar surface area (TPSA) is 43.6 Å². The second-order valence-corrected chi connectivity index (χ2v) is 11.1. The smallest absolute Gasteiger partial charge is 0.121 e. The van der Waals surface area contributed by atoms with Crippen molar-refractivity contribution in [3.05, 3.63) is 170 Å². The Hall–Kier alpha value is -6.13. The van der Waals surface area contributed by atoms with Crippen molar-refractivity contribution in [3.63, 3.8) is 0 Å². The number of benzene rings is 6. The third-order valence-corrected chi connectivity index (χ3v) is 8.18. The van der Waals surface area contributed by atoms with E-state index in [4.69, 9.17) is 10.2 Å². The first-order chi connectivity index (χ1) is 22.3. The normalized spacial score (nSPS) is 11.1. The lowest BCUT2D eigenvalue weighted by Crippen LogP contribution is -1.98. The van der Waals surface area contributed by atoms with Crippen LogP contribution in [0.4, 0.5) is 0 Å². The molecular weight excluding hydrogens is 548 g/mol. The van der Waals surface area contributed by atoms with Gasteiger partial charge in [-0.1, -0.05) is 109 Å². The Morgan fingerprint density at radius 2 is 0.867 bits per heavy atom. The summed E-state index contributed by atoms with van der Waals surface area (Å²) in [7, 11) is 0. The summed E-state index contributed by atoms with van der Waals surface area (Å²) in [6.07, 6.45) is 3.62. The van der Waals surface area contributed by atoms with Crippen molar-refractivity contribution in [2.24, 2.45) is 0 Å². The molecule has 0 saturated carbocycles. The predicted octanol–water partition coefficient (Wildman–Crippen LogP) is 10.2. The van der Waals surface area contributed by atoms with Crippen LogP contribution in [0.1, 0.15) is 0 Å². The summed E-state index contributed by atoms with van der Waals surface area (Å²) in [4.78, 5) is 5.89. The van der Waals surface area contributed by atoms with Gasteiger partial charge in [-0.15, -0.1) is 10.2 Å². The summed E-state index contributed by atoms with van der Waals surface area (Å²) in [5, 5.41) is 10.1. The van der Waals surface area contributed by atoms with Crippen LogP contribution >= 0.6 is 0 Å². The van der Waals surface area contributed by atoms with Gasteiger partial charge in [-0.05, 0) is 98.6 Å². The van der Waals surface area contributed by atoms with E-state index in [1.807, 2.05) is 36.7 Å². The van der Waals surface area contributed by atoms with Gasteiger partial charge >= 0.3 is 0 Å². The molecule has 0 bridgehead atoms. The highest BCUT2D eigenvalue weighted by Gasteiger charge is 2.15. The molecule has 0 saturated heterocycles. The van der Waals surface area contributed by atoms with Crippen LogP contribution in [-0.4, -0.2) is 20.0 Å². The first kappa shape index (κ1) is 26.5. The van der Waals surface area contributed by atoms with Crippen molar-refractivity contribution in [2.45, 2.75) is 0 Å². The Morgan fingerprint density at radius 1 is 0.356 bits per heavy atom. The lowest BCUT2D eigenvalue weighted by atomic mass is 9.94. The van der Waals surface area contributed by atoms with Crippen molar-refractivity contribution in [1.82, 2.24) is 20.0 Å². The molecule has 212 valence electrons. The number of aromatic nitrogens is 4. The molecule has 4 heteroatoms. The van der Waals surface area contributed by atoms with Crippen LogP contribution in [0.25, 0.3) is 72.4 Å². The molecule has 45 heavy (non-hydrogen) atoms. The minimum Gasteiger partial charge on any atom is -0.265 e. The highest BCUT2D eigenvalue weighted by Crippen LogP contribution is 2.36. The number of hydrogen-bond donors (Lipinski definition) is 0. The van der Waals surface area contributed by atoms with Crippen molar-refractivity contribution >= 4 is 11.0 Å². The third kappa shape index (κ3) is 5.30. The van der Waals surface area contributed by atoms with E-state index in [0.29, 0.717) is 0 Å². The molecule has 4 nitrogen and oxygen atoms in total. The Balaban J connectivity index is 1.27. The number of rotatable bonds is 6. The summed E-state index contributed by atoms with van der Waals surface area (Å²) in [5.74, 6) is 0.